The second-order valence-electron chi connectivity index (χ2n) is 21.5. The quantitative estimate of drug-likeness (QED) is 0.0471. The number of carbonyl (C=O) groups excluding carboxylic acids is 2. The SMILES string of the molecule is Nc1nccc2ccc(-n3nc(C(F)(F)F)cc3C(=O)Nc3cc(C(NCC4CC4C4CC4CCC(N)(c4ccncc4)c4ccc(F)c(NC(=O)c5cc(C(F)(F)F)nn5-c5ccc6ccnc(N)c6c5)c4)c4ccccc4)ccc3F)cc12. The largest absolute Gasteiger partial charge is 0.435 e. The highest BCUT2D eigenvalue weighted by Crippen LogP contribution is 2.60. The highest BCUT2D eigenvalue weighted by atomic mass is 19.4. The number of amides is 2. The predicted molar refractivity (Wildman–Crippen MR) is 303 cm³/mol. The van der Waals surface area contributed by atoms with Crippen LogP contribution in [0.25, 0.3) is 32.9 Å². The average molecular weight is 1160 g/mol. The number of anilines is 4. The van der Waals surface area contributed by atoms with E-state index in [9.17, 15) is 35.9 Å². The summed E-state index contributed by atoms with van der Waals surface area (Å²) in [6.07, 6.45) is -0.756. The molecule has 0 aliphatic heterocycles. The topological polar surface area (TPSA) is 223 Å². The number of nitrogens with zero attached hydrogens (tertiary/aromatic N) is 7. The third-order valence-electron chi connectivity index (χ3n) is 16.1. The van der Waals surface area contributed by atoms with E-state index >= 15 is 8.78 Å². The lowest BCUT2D eigenvalue weighted by molar-refractivity contribution is -0.142. The maximum Gasteiger partial charge on any atom is 0.435 e. The number of pyridine rings is 3. The van der Waals surface area contributed by atoms with Gasteiger partial charge in [-0.15, -0.1) is 0 Å². The summed E-state index contributed by atoms with van der Waals surface area (Å²) in [7, 11) is 0. The van der Waals surface area contributed by atoms with Crippen LogP contribution in [0.15, 0.2) is 164 Å². The van der Waals surface area contributed by atoms with Crippen molar-refractivity contribution in [2.75, 3.05) is 28.6 Å². The fraction of sp³-hybridized carbons (Fsp3) is 0.210. The Morgan fingerprint density at radius 1 is 0.576 bits per heavy atom. The summed E-state index contributed by atoms with van der Waals surface area (Å²) in [6, 6.07) is 34.4. The lowest BCUT2D eigenvalue weighted by Gasteiger charge is -2.31. The molecule has 2 saturated carbocycles. The van der Waals surface area contributed by atoms with E-state index in [0.717, 1.165) is 33.8 Å². The molecule has 6 atom stereocenters. The molecule has 2 fully saturated rings. The van der Waals surface area contributed by atoms with Crippen molar-refractivity contribution in [3.63, 3.8) is 0 Å². The number of aromatic nitrogens is 7. The lowest BCUT2D eigenvalue weighted by atomic mass is 9.79. The molecular formula is C62H51F8N13O2. The minimum atomic E-state index is -4.93. The molecule has 5 aromatic carbocycles. The molecule has 0 saturated heterocycles. The molecule has 5 heterocycles. The van der Waals surface area contributed by atoms with Crippen molar-refractivity contribution in [2.24, 2.45) is 29.4 Å². The van der Waals surface area contributed by atoms with E-state index in [1.807, 2.05) is 30.3 Å². The van der Waals surface area contributed by atoms with E-state index in [-0.39, 0.29) is 46.2 Å². The summed E-state index contributed by atoms with van der Waals surface area (Å²) < 4.78 is 118. The van der Waals surface area contributed by atoms with Crippen LogP contribution in [0.2, 0.25) is 0 Å². The van der Waals surface area contributed by atoms with Crippen LogP contribution in [0.3, 0.4) is 0 Å². The first-order valence-electron chi connectivity index (χ1n) is 27.0. The normalized spacial score (nSPS) is 17.8. The number of nitrogens with two attached hydrogens (primary N) is 3. The number of hydrogen-bond donors (Lipinski definition) is 6. The van der Waals surface area contributed by atoms with Gasteiger partial charge in [-0.3, -0.25) is 14.6 Å². The Balaban J connectivity index is 0.731. The smallest absolute Gasteiger partial charge is 0.383 e. The molecule has 2 aliphatic carbocycles. The number of fused-ring (bicyclic) bond motifs is 2. The zero-order chi connectivity index (χ0) is 59.5. The van der Waals surface area contributed by atoms with Crippen molar-refractivity contribution >= 4 is 56.4 Å². The molecule has 5 aromatic heterocycles. The van der Waals surface area contributed by atoms with Gasteiger partial charge in [0.15, 0.2) is 11.4 Å². The summed E-state index contributed by atoms with van der Waals surface area (Å²) in [5, 5.41) is 18.3. The Bertz CT molecular complexity index is 4190. The summed E-state index contributed by atoms with van der Waals surface area (Å²) in [6.45, 7) is 0.576. The van der Waals surface area contributed by atoms with E-state index in [1.165, 1.54) is 60.9 Å². The van der Waals surface area contributed by atoms with Crippen LogP contribution in [-0.2, 0) is 17.9 Å². The van der Waals surface area contributed by atoms with Crippen LogP contribution in [-0.4, -0.2) is 52.9 Å². The van der Waals surface area contributed by atoms with E-state index in [2.05, 4.69) is 41.1 Å². The summed E-state index contributed by atoms with van der Waals surface area (Å²) in [4.78, 5) is 40.3. The molecule has 12 rings (SSSR count). The zero-order valence-corrected chi connectivity index (χ0v) is 44.7. The monoisotopic (exact) mass is 1160 g/mol. The van der Waals surface area contributed by atoms with Crippen LogP contribution in [0, 0.1) is 35.3 Å². The number of nitrogen functional groups attached to an aromatic ring is 2. The van der Waals surface area contributed by atoms with E-state index in [4.69, 9.17) is 17.2 Å². The molecule has 2 amide bonds. The van der Waals surface area contributed by atoms with E-state index < -0.39 is 70.2 Å². The Kier molecular flexibility index (Phi) is 14.4. The first-order chi connectivity index (χ1) is 40.7. The molecule has 2 aliphatic rings. The second-order valence-corrected chi connectivity index (χ2v) is 21.5. The van der Waals surface area contributed by atoms with Gasteiger partial charge in [-0.1, -0.05) is 54.6 Å². The first kappa shape index (κ1) is 55.9. The van der Waals surface area contributed by atoms with Crippen LogP contribution >= 0.6 is 0 Å². The van der Waals surface area contributed by atoms with Gasteiger partial charge < -0.3 is 33.2 Å². The third kappa shape index (κ3) is 11.3. The van der Waals surface area contributed by atoms with Crippen LogP contribution < -0.4 is 33.2 Å². The maximum atomic E-state index is 15.8. The molecule has 85 heavy (non-hydrogen) atoms. The highest BCUT2D eigenvalue weighted by Gasteiger charge is 2.53. The molecular weight excluding hydrogens is 1110 g/mol. The number of halogens is 8. The third-order valence-corrected chi connectivity index (χ3v) is 16.1. The van der Waals surface area contributed by atoms with Gasteiger partial charge in [-0.05, 0) is 162 Å². The average Bonchev–Trinajstić information content (AvgIpc) is 2.32. The summed E-state index contributed by atoms with van der Waals surface area (Å²) >= 11 is 0. The van der Waals surface area contributed by atoms with Crippen molar-refractivity contribution < 1.29 is 44.7 Å². The van der Waals surface area contributed by atoms with Crippen LogP contribution in [0.1, 0.15) is 86.3 Å². The Morgan fingerprint density at radius 3 is 1.67 bits per heavy atom. The number of nitrogens with one attached hydrogen (secondary N) is 3. The maximum absolute atomic E-state index is 15.8. The van der Waals surface area contributed by atoms with Crippen molar-refractivity contribution in [2.45, 2.75) is 49.6 Å². The molecule has 0 radical (unpaired) electrons. The van der Waals surface area contributed by atoms with Gasteiger partial charge in [-0.2, -0.15) is 36.5 Å². The number of alkyl halides is 6. The van der Waals surface area contributed by atoms with E-state index in [1.54, 1.807) is 54.9 Å². The molecule has 0 spiro atoms. The van der Waals surface area contributed by atoms with Gasteiger partial charge in [0.05, 0.1) is 34.3 Å². The first-order valence-corrected chi connectivity index (χ1v) is 27.0. The number of hydrogen-bond acceptors (Lipinski definition) is 11. The minimum absolute atomic E-state index is 0.0813. The van der Waals surface area contributed by atoms with Gasteiger partial charge in [-0.25, -0.2) is 28.1 Å². The summed E-state index contributed by atoms with van der Waals surface area (Å²) in [5.74, 6) is -2.25. The highest BCUT2D eigenvalue weighted by molar-refractivity contribution is 6.05. The molecule has 10 aromatic rings. The fourth-order valence-corrected chi connectivity index (χ4v) is 11.5. The predicted octanol–water partition coefficient (Wildman–Crippen LogP) is 12.2. The van der Waals surface area contributed by atoms with Gasteiger partial charge in [0, 0.05) is 47.7 Å². The molecule has 6 unspecified atom stereocenters. The van der Waals surface area contributed by atoms with Crippen molar-refractivity contribution in [1.82, 2.24) is 39.8 Å². The fourth-order valence-electron chi connectivity index (χ4n) is 11.5. The Hall–Kier alpha value is -9.61. The van der Waals surface area contributed by atoms with Gasteiger partial charge in [0.1, 0.15) is 34.7 Å². The standard InChI is InChI=1S/C62H51F8N13O2/c63-47-12-8-37(26-49(47)78-58(84)51-30-53(61(65,66)67)80-82(51)41-10-6-33-15-22-75-56(71)45(33)28-41)55(35-4-2-1-3-5-35)77-32-38-25-44(38)43-24-36(43)14-19-60(73,39-17-20-74-21-18-39)40-9-13-48(64)50(27-40)79-59(85)52-31-54(62(68,69)70)81-83(52)42-11-7-34-16-23-76-57(72)46(34)29-42/h1-13,15-18,20-23,26-31,36,38,43-44,55,77H,14,19,24-25,32,73H2,(H2,71,75)(H2,72,76)(H,78,84)(H,79,85). The molecule has 23 heteroatoms. The van der Waals surface area contributed by atoms with Crippen molar-refractivity contribution in [3.05, 3.63) is 221 Å². The minimum Gasteiger partial charge on any atom is -0.383 e. The molecule has 9 N–H and O–H groups in total. The summed E-state index contributed by atoms with van der Waals surface area (Å²) in [5.41, 5.74) is 16.7. The number of rotatable bonds is 17. The lowest BCUT2D eigenvalue weighted by Crippen LogP contribution is -2.38. The van der Waals surface area contributed by atoms with Crippen molar-refractivity contribution in [3.8, 4) is 11.4 Å². The van der Waals surface area contributed by atoms with Gasteiger partial charge in [0.2, 0.25) is 0 Å². The Labute approximate surface area is 479 Å². The number of carbonyl (C=O) groups is 2. The van der Waals surface area contributed by atoms with Crippen molar-refractivity contribution in [1.29, 1.82) is 0 Å². The number of benzene rings is 5. The Morgan fingerprint density at radius 2 is 1.11 bits per heavy atom. The molecule has 432 valence electrons. The van der Waals surface area contributed by atoms with E-state index in [0.29, 0.717) is 81.6 Å². The van der Waals surface area contributed by atoms with Crippen LogP contribution in [0.5, 0.6) is 0 Å². The molecule has 15 nitrogen and oxygen atoms in total. The van der Waals surface area contributed by atoms with Crippen LogP contribution in [0.4, 0.5) is 58.1 Å². The molecule has 0 bridgehead atoms. The van der Waals surface area contributed by atoms with Gasteiger partial charge in [0.25, 0.3) is 11.8 Å². The zero-order valence-electron chi connectivity index (χ0n) is 44.7. The second kappa shape index (κ2) is 21.9. The van der Waals surface area contributed by atoms with Gasteiger partial charge >= 0.3 is 12.4 Å².